The SMILES string of the molecule is COc1ccc2c(CN[C@@H](C)c3ccco3)cc(=O)oc2c1. The standard InChI is InChI=1S/C17H17NO4/c1-11(15-4-3-7-21-15)18-10-12-8-17(19)22-16-9-13(20-2)5-6-14(12)16/h3-9,11,18H,10H2,1-2H3/t11-/m0/s1. The Balaban J connectivity index is 1.88. The minimum atomic E-state index is -0.372. The van der Waals surface area contributed by atoms with Gasteiger partial charge in [-0.15, -0.1) is 0 Å². The minimum absolute atomic E-state index is 0.0514. The number of hydrogen-bond donors (Lipinski definition) is 1. The lowest BCUT2D eigenvalue weighted by atomic mass is 10.1. The summed E-state index contributed by atoms with van der Waals surface area (Å²) in [5, 5.41) is 4.23. The Morgan fingerprint density at radius 2 is 2.14 bits per heavy atom. The molecule has 3 aromatic rings. The molecule has 0 spiro atoms. The molecule has 0 radical (unpaired) electrons. The molecule has 2 aromatic heterocycles. The van der Waals surface area contributed by atoms with Gasteiger partial charge in [-0.2, -0.15) is 0 Å². The molecule has 5 nitrogen and oxygen atoms in total. The number of rotatable bonds is 5. The van der Waals surface area contributed by atoms with Gasteiger partial charge >= 0.3 is 5.63 Å². The van der Waals surface area contributed by atoms with E-state index in [9.17, 15) is 4.79 Å². The van der Waals surface area contributed by atoms with Crippen molar-refractivity contribution in [3.63, 3.8) is 0 Å². The molecule has 114 valence electrons. The van der Waals surface area contributed by atoms with E-state index in [4.69, 9.17) is 13.6 Å². The van der Waals surface area contributed by atoms with Gasteiger partial charge in [0, 0.05) is 24.1 Å². The first kappa shape index (κ1) is 14.4. The lowest BCUT2D eigenvalue weighted by molar-refractivity contribution is 0.414. The zero-order valence-electron chi connectivity index (χ0n) is 12.5. The van der Waals surface area contributed by atoms with E-state index in [-0.39, 0.29) is 11.7 Å². The molecule has 0 aliphatic carbocycles. The zero-order valence-corrected chi connectivity index (χ0v) is 12.5. The van der Waals surface area contributed by atoms with Gasteiger partial charge in [0.25, 0.3) is 0 Å². The fourth-order valence-corrected chi connectivity index (χ4v) is 2.38. The maximum Gasteiger partial charge on any atom is 0.336 e. The first-order valence-electron chi connectivity index (χ1n) is 7.05. The first-order chi connectivity index (χ1) is 10.7. The summed E-state index contributed by atoms with van der Waals surface area (Å²) in [6.07, 6.45) is 1.65. The maximum absolute atomic E-state index is 11.7. The maximum atomic E-state index is 11.7. The van der Waals surface area contributed by atoms with E-state index in [2.05, 4.69) is 5.32 Å². The third-order valence-electron chi connectivity index (χ3n) is 3.61. The predicted molar refractivity (Wildman–Crippen MR) is 83.0 cm³/mol. The quantitative estimate of drug-likeness (QED) is 0.733. The Morgan fingerprint density at radius 3 is 2.86 bits per heavy atom. The normalized spacial score (nSPS) is 12.5. The molecule has 0 unspecified atom stereocenters. The summed E-state index contributed by atoms with van der Waals surface area (Å²) >= 11 is 0. The molecule has 0 bridgehead atoms. The van der Waals surface area contributed by atoms with E-state index >= 15 is 0 Å². The Morgan fingerprint density at radius 1 is 1.27 bits per heavy atom. The average Bonchev–Trinajstić information content (AvgIpc) is 3.05. The van der Waals surface area contributed by atoms with Gasteiger partial charge in [-0.1, -0.05) is 0 Å². The molecule has 1 aromatic carbocycles. The Bertz CT molecular complexity index is 820. The van der Waals surface area contributed by atoms with Crippen LogP contribution >= 0.6 is 0 Å². The monoisotopic (exact) mass is 299 g/mol. The summed E-state index contributed by atoms with van der Waals surface area (Å²) in [5.74, 6) is 1.51. The number of hydrogen-bond acceptors (Lipinski definition) is 5. The number of furan rings is 1. The van der Waals surface area contributed by atoms with Crippen molar-refractivity contribution in [2.75, 3.05) is 7.11 Å². The second kappa shape index (κ2) is 6.07. The highest BCUT2D eigenvalue weighted by atomic mass is 16.5. The van der Waals surface area contributed by atoms with Crippen LogP contribution in [0, 0.1) is 0 Å². The molecule has 1 atom stereocenters. The fourth-order valence-electron chi connectivity index (χ4n) is 2.38. The fraction of sp³-hybridized carbons (Fsp3) is 0.235. The van der Waals surface area contributed by atoms with E-state index < -0.39 is 0 Å². The molecule has 22 heavy (non-hydrogen) atoms. The summed E-state index contributed by atoms with van der Waals surface area (Å²) in [6.45, 7) is 2.55. The van der Waals surface area contributed by atoms with Crippen LogP contribution in [-0.4, -0.2) is 7.11 Å². The number of ether oxygens (including phenoxy) is 1. The van der Waals surface area contributed by atoms with Crippen molar-refractivity contribution in [1.82, 2.24) is 5.32 Å². The van der Waals surface area contributed by atoms with Gasteiger partial charge in [-0.3, -0.25) is 0 Å². The van der Waals surface area contributed by atoms with Crippen LogP contribution in [0.25, 0.3) is 11.0 Å². The van der Waals surface area contributed by atoms with E-state index in [0.717, 1.165) is 16.7 Å². The summed E-state index contributed by atoms with van der Waals surface area (Å²) in [4.78, 5) is 11.7. The second-order valence-corrected chi connectivity index (χ2v) is 5.07. The third kappa shape index (κ3) is 2.89. The number of benzene rings is 1. The van der Waals surface area contributed by atoms with Crippen molar-refractivity contribution in [1.29, 1.82) is 0 Å². The first-order valence-corrected chi connectivity index (χ1v) is 7.05. The number of nitrogens with one attached hydrogen (secondary N) is 1. The van der Waals surface area contributed by atoms with E-state index in [1.165, 1.54) is 6.07 Å². The molecule has 0 aliphatic rings. The summed E-state index contributed by atoms with van der Waals surface area (Å²) in [7, 11) is 1.58. The third-order valence-corrected chi connectivity index (χ3v) is 3.61. The van der Waals surface area contributed by atoms with Crippen LogP contribution in [0.1, 0.15) is 24.3 Å². The molecule has 0 saturated heterocycles. The molecule has 5 heteroatoms. The average molecular weight is 299 g/mol. The summed E-state index contributed by atoms with van der Waals surface area (Å²) in [6, 6.07) is 10.8. The molecular formula is C17H17NO4. The van der Waals surface area contributed by atoms with Gasteiger partial charge in [0.1, 0.15) is 17.1 Å². The number of fused-ring (bicyclic) bond motifs is 1. The highest BCUT2D eigenvalue weighted by Crippen LogP contribution is 2.23. The van der Waals surface area contributed by atoms with Crippen LogP contribution < -0.4 is 15.7 Å². The van der Waals surface area contributed by atoms with Crippen LogP contribution in [0.3, 0.4) is 0 Å². The topological polar surface area (TPSA) is 64.6 Å². The van der Waals surface area contributed by atoms with Crippen molar-refractivity contribution in [3.8, 4) is 5.75 Å². The zero-order chi connectivity index (χ0) is 15.5. The lowest BCUT2D eigenvalue weighted by Gasteiger charge is -2.12. The predicted octanol–water partition coefficient (Wildman–Crippen LogP) is 3.25. The molecule has 0 amide bonds. The van der Waals surface area contributed by atoms with Gasteiger partial charge in [0.2, 0.25) is 0 Å². The molecule has 3 rings (SSSR count). The lowest BCUT2D eigenvalue weighted by Crippen LogP contribution is -2.18. The van der Waals surface area contributed by atoms with Crippen LogP contribution in [0.2, 0.25) is 0 Å². The molecule has 0 aliphatic heterocycles. The molecule has 0 fully saturated rings. The van der Waals surface area contributed by atoms with Crippen LogP contribution in [0.4, 0.5) is 0 Å². The van der Waals surface area contributed by atoms with Crippen molar-refractivity contribution in [3.05, 3.63) is 64.4 Å². The Kier molecular flexibility index (Phi) is 3.98. The van der Waals surface area contributed by atoms with Crippen LogP contribution in [0.5, 0.6) is 5.75 Å². The largest absolute Gasteiger partial charge is 0.497 e. The highest BCUT2D eigenvalue weighted by molar-refractivity contribution is 5.81. The minimum Gasteiger partial charge on any atom is -0.497 e. The van der Waals surface area contributed by atoms with E-state index in [1.54, 1.807) is 19.4 Å². The van der Waals surface area contributed by atoms with Crippen molar-refractivity contribution < 1.29 is 13.6 Å². The van der Waals surface area contributed by atoms with Gasteiger partial charge in [-0.05, 0) is 36.8 Å². The molecule has 2 heterocycles. The van der Waals surface area contributed by atoms with Gasteiger partial charge in [0.15, 0.2) is 0 Å². The van der Waals surface area contributed by atoms with Crippen molar-refractivity contribution in [2.45, 2.75) is 19.5 Å². The van der Waals surface area contributed by atoms with Crippen molar-refractivity contribution in [2.24, 2.45) is 0 Å². The van der Waals surface area contributed by atoms with Crippen LogP contribution in [-0.2, 0) is 6.54 Å². The van der Waals surface area contributed by atoms with Gasteiger partial charge in [-0.25, -0.2) is 4.79 Å². The second-order valence-electron chi connectivity index (χ2n) is 5.07. The summed E-state index contributed by atoms with van der Waals surface area (Å²) < 4.78 is 15.8. The van der Waals surface area contributed by atoms with Crippen LogP contribution in [0.15, 0.2) is 56.3 Å². The van der Waals surface area contributed by atoms with Crippen molar-refractivity contribution >= 4 is 11.0 Å². The molecule has 0 saturated carbocycles. The van der Waals surface area contributed by atoms with Gasteiger partial charge < -0.3 is 18.9 Å². The highest BCUT2D eigenvalue weighted by Gasteiger charge is 2.11. The molecular weight excluding hydrogens is 282 g/mol. The van der Waals surface area contributed by atoms with E-state index in [0.29, 0.717) is 17.9 Å². The molecule has 1 N–H and O–H groups in total. The van der Waals surface area contributed by atoms with E-state index in [1.807, 2.05) is 31.2 Å². The summed E-state index contributed by atoms with van der Waals surface area (Å²) in [5.41, 5.74) is 1.03. The van der Waals surface area contributed by atoms with Gasteiger partial charge in [0.05, 0.1) is 19.4 Å². The Hall–Kier alpha value is -2.53. The Labute approximate surface area is 127 Å². The number of methoxy groups -OCH3 is 1. The smallest absolute Gasteiger partial charge is 0.336 e.